The maximum absolute atomic E-state index is 12.1. The summed E-state index contributed by atoms with van der Waals surface area (Å²) >= 11 is 0. The average Bonchev–Trinajstić information content (AvgIpc) is 3.22. The maximum atomic E-state index is 12.1. The Morgan fingerprint density at radius 3 is 1.82 bits per heavy atom. The fourth-order valence-electron chi connectivity index (χ4n) is 6.17. The largest absolute Gasteiger partial charge is 0.493 e. The molecule has 2 heterocycles. The van der Waals surface area contributed by atoms with Gasteiger partial charge in [-0.1, -0.05) is 0 Å². The first-order valence-corrected chi connectivity index (χ1v) is 11.3. The lowest BCUT2D eigenvalue weighted by atomic mass is 9.83. The number of primary amides is 1. The van der Waals surface area contributed by atoms with Gasteiger partial charge in [-0.05, 0) is 51.4 Å². The van der Waals surface area contributed by atoms with Crippen molar-refractivity contribution in [2.45, 2.75) is 31.8 Å². The van der Waals surface area contributed by atoms with Crippen molar-refractivity contribution in [1.29, 1.82) is 0 Å². The highest BCUT2D eigenvalue weighted by molar-refractivity contribution is 6.12. The molecule has 0 aliphatic carbocycles. The van der Waals surface area contributed by atoms with Crippen LogP contribution in [0.25, 0.3) is 21.5 Å². The number of nitrogens with two attached hydrogens (primary N) is 1. The molecule has 0 spiro atoms. The molecule has 2 atom stereocenters. The summed E-state index contributed by atoms with van der Waals surface area (Å²) in [5.41, 5.74) is 8.30. The Kier molecular flexibility index (Phi) is 5.24. The number of methoxy groups -OCH3 is 4. The minimum atomic E-state index is -0.235. The normalized spacial score (nSPS) is 21.5. The summed E-state index contributed by atoms with van der Waals surface area (Å²) in [5, 5.41) is 4.44. The second-order valence-corrected chi connectivity index (χ2v) is 9.19. The zero-order chi connectivity index (χ0) is 23.3. The second kappa shape index (κ2) is 7.99. The number of rotatable bonds is 6. The van der Waals surface area contributed by atoms with Gasteiger partial charge in [0, 0.05) is 24.8 Å². The van der Waals surface area contributed by atoms with Gasteiger partial charge in [-0.25, -0.2) is 0 Å². The van der Waals surface area contributed by atoms with E-state index in [1.165, 1.54) is 11.1 Å². The lowest BCUT2D eigenvalue weighted by molar-refractivity contribution is -0.946. The minimum absolute atomic E-state index is 0.235. The van der Waals surface area contributed by atoms with E-state index in [0.717, 1.165) is 58.4 Å². The van der Waals surface area contributed by atoms with E-state index in [9.17, 15) is 4.79 Å². The number of benzene rings is 3. The third-order valence-corrected chi connectivity index (χ3v) is 7.65. The molecule has 7 nitrogen and oxygen atoms in total. The lowest BCUT2D eigenvalue weighted by Gasteiger charge is -2.44. The van der Waals surface area contributed by atoms with Crippen molar-refractivity contribution in [1.82, 2.24) is 0 Å². The molecule has 5 rings (SSSR count). The van der Waals surface area contributed by atoms with Crippen LogP contribution in [0.3, 0.4) is 0 Å². The number of amides is 1. The molecule has 7 heteroatoms. The van der Waals surface area contributed by atoms with Crippen molar-refractivity contribution in [3.63, 3.8) is 0 Å². The molecule has 2 aliphatic heterocycles. The molecular formula is C26H31N2O5+. The SMILES string of the molecule is COc1cc2c3c(c4cc(OC)c(OC)cc4c2cc1OC)C[N@@+]1(CC(N)=O)CCC[C@H]1C3. The summed E-state index contributed by atoms with van der Waals surface area (Å²) in [6, 6.07) is 8.64. The first kappa shape index (κ1) is 21.6. The van der Waals surface area contributed by atoms with E-state index >= 15 is 0 Å². The van der Waals surface area contributed by atoms with Gasteiger partial charge < -0.3 is 29.2 Å². The monoisotopic (exact) mass is 451 g/mol. The Balaban J connectivity index is 1.87. The molecule has 174 valence electrons. The molecular weight excluding hydrogens is 420 g/mol. The molecule has 0 radical (unpaired) electrons. The van der Waals surface area contributed by atoms with Crippen LogP contribution >= 0.6 is 0 Å². The predicted octanol–water partition coefficient (Wildman–Crippen LogP) is 3.55. The third kappa shape index (κ3) is 3.25. The number of carbonyl (C=O) groups excluding carboxylic acids is 1. The molecule has 2 N–H and O–H groups in total. The Bertz CT molecular complexity index is 1270. The first-order valence-electron chi connectivity index (χ1n) is 11.3. The van der Waals surface area contributed by atoms with E-state index < -0.39 is 0 Å². The number of nitrogens with zero attached hydrogens (tertiary/aromatic N) is 1. The van der Waals surface area contributed by atoms with Crippen LogP contribution in [0.5, 0.6) is 23.0 Å². The Morgan fingerprint density at radius 1 is 0.848 bits per heavy atom. The topological polar surface area (TPSA) is 80.0 Å². The number of hydrogen-bond donors (Lipinski definition) is 1. The van der Waals surface area contributed by atoms with Crippen LogP contribution in [0, 0.1) is 0 Å². The van der Waals surface area contributed by atoms with E-state index in [0.29, 0.717) is 35.6 Å². The second-order valence-electron chi connectivity index (χ2n) is 9.19. The van der Waals surface area contributed by atoms with Crippen LogP contribution in [-0.4, -0.2) is 58.0 Å². The van der Waals surface area contributed by atoms with Gasteiger partial charge in [0.1, 0.15) is 6.54 Å². The standard InChI is InChI=1S/C26H30N2O5/c1-30-22-9-17-16-8-15-6-5-7-28(15,14-26(27)29)13-21(16)20-12-25(33-4)24(32-3)11-19(20)18(17)10-23(22)31-2/h9-12,15H,5-8,13-14H2,1-4H3,(H-,27,29)/p+1/t15-,28+/m0/s1. The zero-order valence-corrected chi connectivity index (χ0v) is 19.7. The molecule has 1 saturated heterocycles. The minimum Gasteiger partial charge on any atom is -0.493 e. The van der Waals surface area contributed by atoms with Crippen LogP contribution in [0.2, 0.25) is 0 Å². The molecule has 0 aromatic heterocycles. The molecule has 3 aromatic rings. The van der Waals surface area contributed by atoms with Gasteiger partial charge in [-0.3, -0.25) is 4.79 Å². The summed E-state index contributed by atoms with van der Waals surface area (Å²) in [5.74, 6) is 2.54. The van der Waals surface area contributed by atoms with Crippen molar-refractivity contribution in [3.8, 4) is 23.0 Å². The van der Waals surface area contributed by atoms with Gasteiger partial charge in [0.15, 0.2) is 29.5 Å². The number of carbonyl (C=O) groups is 1. The Hall–Kier alpha value is -3.19. The van der Waals surface area contributed by atoms with Crippen LogP contribution in [0.4, 0.5) is 0 Å². The third-order valence-electron chi connectivity index (χ3n) is 7.65. The quantitative estimate of drug-likeness (QED) is 0.458. The molecule has 0 saturated carbocycles. The summed E-state index contributed by atoms with van der Waals surface area (Å²) in [4.78, 5) is 12.1. The molecule has 33 heavy (non-hydrogen) atoms. The van der Waals surface area contributed by atoms with Crippen molar-refractivity contribution in [2.75, 3.05) is 41.5 Å². The molecule has 1 fully saturated rings. The number of quaternary nitrogens is 1. The van der Waals surface area contributed by atoms with Gasteiger partial charge in [0.25, 0.3) is 5.91 Å². The molecule has 1 amide bonds. The average molecular weight is 452 g/mol. The van der Waals surface area contributed by atoms with Gasteiger partial charge in [-0.2, -0.15) is 0 Å². The maximum Gasteiger partial charge on any atom is 0.272 e. The summed E-state index contributed by atoms with van der Waals surface area (Å²) < 4.78 is 23.3. The van der Waals surface area contributed by atoms with E-state index in [2.05, 4.69) is 18.2 Å². The molecule has 0 unspecified atom stereocenters. The summed E-state index contributed by atoms with van der Waals surface area (Å²) in [7, 11) is 6.62. The lowest BCUT2D eigenvalue weighted by Crippen LogP contribution is -2.57. The first-order chi connectivity index (χ1) is 15.9. The van der Waals surface area contributed by atoms with E-state index in [4.69, 9.17) is 24.7 Å². The number of ether oxygens (including phenoxy) is 4. The number of hydrogen-bond acceptors (Lipinski definition) is 5. The fourth-order valence-corrected chi connectivity index (χ4v) is 6.17. The van der Waals surface area contributed by atoms with E-state index in [1.807, 2.05) is 6.07 Å². The highest BCUT2D eigenvalue weighted by Crippen LogP contribution is 2.48. The smallest absolute Gasteiger partial charge is 0.272 e. The van der Waals surface area contributed by atoms with E-state index in [1.54, 1.807) is 28.4 Å². The van der Waals surface area contributed by atoms with Gasteiger partial charge >= 0.3 is 0 Å². The van der Waals surface area contributed by atoms with Crippen LogP contribution in [-0.2, 0) is 17.8 Å². The van der Waals surface area contributed by atoms with Crippen molar-refractivity contribution >= 4 is 27.5 Å². The molecule has 3 aromatic carbocycles. The van der Waals surface area contributed by atoms with Gasteiger partial charge in [0.05, 0.1) is 41.0 Å². The van der Waals surface area contributed by atoms with Crippen molar-refractivity contribution in [2.24, 2.45) is 5.73 Å². The van der Waals surface area contributed by atoms with Crippen molar-refractivity contribution < 1.29 is 28.2 Å². The highest BCUT2D eigenvalue weighted by Gasteiger charge is 2.47. The zero-order valence-electron chi connectivity index (χ0n) is 19.7. The van der Waals surface area contributed by atoms with Crippen LogP contribution in [0.1, 0.15) is 24.0 Å². The molecule has 2 aliphatic rings. The van der Waals surface area contributed by atoms with Crippen molar-refractivity contribution in [3.05, 3.63) is 35.4 Å². The molecule has 0 bridgehead atoms. The fraction of sp³-hybridized carbons (Fsp3) is 0.423. The van der Waals surface area contributed by atoms with Gasteiger partial charge in [0.2, 0.25) is 0 Å². The Morgan fingerprint density at radius 2 is 1.33 bits per heavy atom. The summed E-state index contributed by atoms with van der Waals surface area (Å²) in [6.07, 6.45) is 3.11. The van der Waals surface area contributed by atoms with Crippen LogP contribution in [0.15, 0.2) is 24.3 Å². The summed E-state index contributed by atoms with van der Waals surface area (Å²) in [6.45, 7) is 2.13. The Labute approximate surface area is 193 Å². The van der Waals surface area contributed by atoms with Crippen LogP contribution < -0.4 is 24.7 Å². The van der Waals surface area contributed by atoms with E-state index in [-0.39, 0.29) is 5.91 Å². The predicted molar refractivity (Wildman–Crippen MR) is 127 cm³/mol. The van der Waals surface area contributed by atoms with Gasteiger partial charge in [-0.15, -0.1) is 0 Å². The number of fused-ring (bicyclic) bond motifs is 7. The highest BCUT2D eigenvalue weighted by atomic mass is 16.5.